The fraction of sp³-hybridized carbons (Fsp3) is 0.207. The minimum atomic E-state index is -0.927. The number of thiocarbonyl (C=S) groups is 2. The number of amides is 2. The zero-order valence-electron chi connectivity index (χ0n) is 42.4. The van der Waals surface area contributed by atoms with E-state index in [2.05, 4.69) is 90.3 Å². The number of carbonyl (C=O) groups is 2. The van der Waals surface area contributed by atoms with Gasteiger partial charge in [0.2, 0.25) is 12.3 Å². The Morgan fingerprint density at radius 2 is 1.14 bits per heavy atom. The van der Waals surface area contributed by atoms with E-state index < -0.39 is 12.3 Å². The molecule has 396 valence electrons. The average molecular weight is 1150 g/mol. The number of morpholine rings is 2. The van der Waals surface area contributed by atoms with Crippen molar-refractivity contribution in [2.75, 3.05) is 97.4 Å². The molecule has 12 rings (SSSR count). The molecule has 4 N–H and O–H groups in total. The molecule has 2 aromatic heterocycles. The van der Waals surface area contributed by atoms with Crippen LogP contribution in [0.3, 0.4) is 0 Å². The van der Waals surface area contributed by atoms with Crippen LogP contribution in [0.4, 0.5) is 34.1 Å². The van der Waals surface area contributed by atoms with E-state index in [0.29, 0.717) is 26.6 Å². The summed E-state index contributed by atoms with van der Waals surface area (Å²) in [6, 6.07) is 39.5. The quantitative estimate of drug-likeness (QED) is 0.0794. The third-order valence-corrected chi connectivity index (χ3v) is 15.8. The molecular formula is C58H52Cl2N10O4S4. The molecule has 14 nitrogen and oxygen atoms in total. The van der Waals surface area contributed by atoms with Crippen molar-refractivity contribution in [2.24, 2.45) is 15.0 Å². The van der Waals surface area contributed by atoms with Gasteiger partial charge in [0.1, 0.15) is 0 Å². The summed E-state index contributed by atoms with van der Waals surface area (Å²) in [6.45, 7) is 6.66. The lowest BCUT2D eigenvalue weighted by atomic mass is 10.0. The Morgan fingerprint density at radius 3 is 1.68 bits per heavy atom. The van der Waals surface area contributed by atoms with E-state index in [9.17, 15) is 9.59 Å². The summed E-state index contributed by atoms with van der Waals surface area (Å²) in [5.74, 6) is -0.480. The molecule has 0 bridgehead atoms. The van der Waals surface area contributed by atoms with Gasteiger partial charge in [0.15, 0.2) is 5.11 Å². The van der Waals surface area contributed by atoms with Gasteiger partial charge in [-0.3, -0.25) is 9.59 Å². The largest absolute Gasteiger partial charge is 0.398 e. The van der Waals surface area contributed by atoms with E-state index in [0.717, 1.165) is 114 Å². The average Bonchev–Trinajstić information content (AvgIpc) is 4.27. The molecule has 2 amide bonds. The smallest absolute Gasteiger partial charge is 0.274 e. The molecule has 8 aromatic rings. The van der Waals surface area contributed by atoms with Crippen LogP contribution in [0.2, 0.25) is 10.0 Å². The van der Waals surface area contributed by atoms with Gasteiger partial charge in [0.05, 0.1) is 54.4 Å². The first-order chi connectivity index (χ1) is 38.0. The number of thiophene rings is 2. The zero-order valence-corrected chi connectivity index (χ0v) is 47.2. The summed E-state index contributed by atoms with van der Waals surface area (Å²) in [6.07, 6.45) is -1.85. The zero-order chi connectivity index (χ0) is 54.3. The topological polar surface area (TPSA) is 153 Å². The third kappa shape index (κ3) is 11.8. The van der Waals surface area contributed by atoms with E-state index in [1.807, 2.05) is 76.1 Å². The van der Waals surface area contributed by atoms with Gasteiger partial charge in [-0.2, -0.15) is 27.7 Å². The lowest BCUT2D eigenvalue weighted by Crippen LogP contribution is -2.47. The van der Waals surface area contributed by atoms with Crippen molar-refractivity contribution in [3.8, 4) is 0 Å². The molecule has 2 saturated heterocycles. The van der Waals surface area contributed by atoms with Crippen LogP contribution in [-0.4, -0.2) is 113 Å². The summed E-state index contributed by atoms with van der Waals surface area (Å²) < 4.78 is 10.9. The number of nitrogens with two attached hydrogens (primary N) is 1. The minimum absolute atomic E-state index is 0.222. The molecule has 6 heterocycles. The van der Waals surface area contributed by atoms with Crippen molar-refractivity contribution in [3.63, 3.8) is 0 Å². The maximum atomic E-state index is 13.6. The number of anilines is 6. The van der Waals surface area contributed by atoms with Gasteiger partial charge in [0, 0.05) is 128 Å². The second-order valence-corrected chi connectivity index (χ2v) is 21.3. The van der Waals surface area contributed by atoms with Crippen molar-refractivity contribution in [1.29, 1.82) is 0 Å². The number of likely N-dealkylation sites (N-methyl/N-ethyl adjacent to an activating group) is 2. The van der Waals surface area contributed by atoms with E-state index in [1.54, 1.807) is 65.9 Å². The number of isothiocyanates is 1. The highest BCUT2D eigenvalue weighted by molar-refractivity contribution is 7.80. The number of benzodiazepines with no additional fused rings is 2. The molecule has 2 fully saturated rings. The highest BCUT2D eigenvalue weighted by Gasteiger charge is 2.32. The SMILES string of the molecule is CN1C(=O)C(N=C=S)N=C(c2ccsc2)c2cc(Cl)ccc21.CN1C(=O)C(NC(=S)Nc2ccc(N3CCOCC3)c3ccccc23)N=C(c2ccsc2)c2cc(Cl)ccc21.Nc1ccc(N2CCOCC2)c2ccccc12. The van der Waals surface area contributed by atoms with Crippen LogP contribution in [0.25, 0.3) is 21.5 Å². The molecule has 20 heteroatoms. The fourth-order valence-electron chi connectivity index (χ4n) is 9.70. The van der Waals surface area contributed by atoms with Crippen molar-refractivity contribution in [2.45, 2.75) is 12.3 Å². The molecule has 0 radical (unpaired) electrons. The molecule has 78 heavy (non-hydrogen) atoms. The Bertz CT molecular complexity index is 3640. The predicted molar refractivity (Wildman–Crippen MR) is 330 cm³/mol. The molecule has 0 saturated carbocycles. The maximum absolute atomic E-state index is 13.6. The first-order valence-electron chi connectivity index (χ1n) is 24.9. The predicted octanol–water partition coefficient (Wildman–Crippen LogP) is 11.4. The van der Waals surface area contributed by atoms with Gasteiger partial charge in [-0.1, -0.05) is 71.7 Å². The molecule has 2 atom stereocenters. The van der Waals surface area contributed by atoms with Gasteiger partial charge < -0.3 is 45.4 Å². The number of aliphatic imine (C=N–C) groups is 3. The normalized spacial score (nSPS) is 17.2. The highest BCUT2D eigenvalue weighted by Crippen LogP contribution is 2.36. The van der Waals surface area contributed by atoms with Crippen molar-refractivity contribution in [1.82, 2.24) is 5.32 Å². The summed E-state index contributed by atoms with van der Waals surface area (Å²) in [5.41, 5.74) is 16.4. The standard InChI is InChI=1S/C29H26ClN5O2S2.C15H10ClN3OS2.C14H16N2O/c1-34-24-8-6-19(30)16-22(24)26(18-10-15-39-17-18)32-27(28(34)36)33-29(38)31-23-7-9-25(35-11-13-37-14-12-35)21-5-3-2-4-20(21)23;1-19-12-3-2-10(16)6-11(12)13(9-4-5-22-7-9)18-14(15(19)20)17-8-21;15-13-5-6-14(16-7-9-17-10-8-16)12-4-2-1-3-11(12)13/h2-10,15-17,27H,11-14H2,1H3,(H2,31,33,38);2-7,14H,1H3;1-6H,7-10,15H2. The van der Waals surface area contributed by atoms with E-state index in [-0.39, 0.29) is 11.8 Å². The molecule has 4 aliphatic rings. The van der Waals surface area contributed by atoms with Crippen LogP contribution in [-0.2, 0) is 19.1 Å². The van der Waals surface area contributed by atoms with Gasteiger partial charge in [0.25, 0.3) is 11.8 Å². The number of halogens is 2. The van der Waals surface area contributed by atoms with Gasteiger partial charge in [-0.15, -0.1) is 0 Å². The molecule has 0 aliphatic carbocycles. The van der Waals surface area contributed by atoms with Gasteiger partial charge in [-0.05, 0) is 108 Å². The fourth-order valence-corrected chi connectivity index (χ4v) is 11.7. The maximum Gasteiger partial charge on any atom is 0.274 e. The lowest BCUT2D eigenvalue weighted by Gasteiger charge is -2.30. The van der Waals surface area contributed by atoms with Crippen LogP contribution in [0.15, 0.2) is 158 Å². The number of fused-ring (bicyclic) bond motifs is 4. The number of hydrogen-bond donors (Lipinski definition) is 3. The molecule has 4 aliphatic heterocycles. The molecule has 2 unspecified atom stereocenters. The van der Waals surface area contributed by atoms with Crippen molar-refractivity contribution < 1.29 is 19.1 Å². The summed E-state index contributed by atoms with van der Waals surface area (Å²) in [4.78, 5) is 47.2. The highest BCUT2D eigenvalue weighted by atomic mass is 35.5. The van der Waals surface area contributed by atoms with Crippen LogP contribution in [0, 0.1) is 0 Å². The number of ether oxygens (including phenoxy) is 2. The molecular weight excluding hydrogens is 1100 g/mol. The van der Waals surface area contributed by atoms with Gasteiger partial charge >= 0.3 is 0 Å². The Labute approximate surface area is 480 Å². The molecule has 0 spiro atoms. The number of hydrogen-bond acceptors (Lipinski definition) is 14. The second kappa shape index (κ2) is 24.7. The van der Waals surface area contributed by atoms with Crippen LogP contribution in [0.1, 0.15) is 22.3 Å². The summed E-state index contributed by atoms with van der Waals surface area (Å²) in [5, 5.41) is 22.6. The van der Waals surface area contributed by atoms with Gasteiger partial charge in [-0.25, -0.2) is 9.98 Å². The Hall–Kier alpha value is -7.09. The Balaban J connectivity index is 0.000000148. The lowest BCUT2D eigenvalue weighted by molar-refractivity contribution is -0.120. The van der Waals surface area contributed by atoms with E-state index in [4.69, 9.17) is 55.6 Å². The van der Waals surface area contributed by atoms with Crippen LogP contribution >= 0.6 is 70.3 Å². The number of nitrogen functional groups attached to an aromatic ring is 1. The minimum Gasteiger partial charge on any atom is -0.398 e. The Kier molecular flexibility index (Phi) is 17.2. The Morgan fingerprint density at radius 1 is 0.654 bits per heavy atom. The number of benzene rings is 6. The number of nitrogens with one attached hydrogen (secondary N) is 2. The first kappa shape index (κ1) is 54.3. The van der Waals surface area contributed by atoms with Crippen molar-refractivity contribution in [3.05, 3.63) is 175 Å². The summed E-state index contributed by atoms with van der Waals surface area (Å²) in [7, 11) is 3.43. The van der Waals surface area contributed by atoms with Crippen LogP contribution in [0.5, 0.6) is 0 Å². The number of nitrogens with zero attached hydrogens (tertiary/aromatic N) is 7. The van der Waals surface area contributed by atoms with Crippen molar-refractivity contribution >= 4 is 159 Å². The third-order valence-electron chi connectivity index (χ3n) is 13.6. The first-order valence-corrected chi connectivity index (χ1v) is 28.4. The van der Waals surface area contributed by atoms with E-state index in [1.165, 1.54) is 21.7 Å². The van der Waals surface area contributed by atoms with Crippen LogP contribution < -0.4 is 36.0 Å². The number of carbonyl (C=O) groups excluding carboxylic acids is 2. The number of rotatable bonds is 7. The summed E-state index contributed by atoms with van der Waals surface area (Å²) >= 11 is 26.0. The van der Waals surface area contributed by atoms with E-state index >= 15 is 0 Å². The second-order valence-electron chi connectivity index (χ2n) is 18.3. The monoisotopic (exact) mass is 1150 g/mol. The molecule has 6 aromatic carbocycles.